The van der Waals surface area contributed by atoms with E-state index in [0.717, 1.165) is 11.4 Å². The van der Waals surface area contributed by atoms with Gasteiger partial charge in [-0.1, -0.05) is 41.4 Å². The van der Waals surface area contributed by atoms with Crippen LogP contribution < -0.4 is 10.2 Å². The van der Waals surface area contributed by atoms with Crippen LogP contribution in [0.25, 0.3) is 0 Å². The maximum atomic E-state index is 13.1. The van der Waals surface area contributed by atoms with Crippen LogP contribution in [-0.4, -0.2) is 51.0 Å². The van der Waals surface area contributed by atoms with Gasteiger partial charge < -0.3 is 15.0 Å². The van der Waals surface area contributed by atoms with Crippen LogP contribution in [0.2, 0.25) is 10.0 Å². The number of nitrogens with one attached hydrogen (secondary N) is 1. The van der Waals surface area contributed by atoms with Gasteiger partial charge >= 0.3 is 0 Å². The van der Waals surface area contributed by atoms with Gasteiger partial charge in [0.05, 0.1) is 28.8 Å². The Morgan fingerprint density at radius 1 is 0.944 bits per heavy atom. The number of amides is 1. The SMILES string of the molecule is CC(C)N(c1ccccc1)c1ccc(NC(=O)c2cc(S(=O)(=O)N3CCOCC3)c(Cl)cc2Cl)cc1. The fraction of sp³-hybridized carbons (Fsp3) is 0.269. The molecule has 1 N–H and O–H groups in total. The minimum absolute atomic E-state index is 0.0186. The Bertz CT molecular complexity index is 1330. The number of ether oxygens (including phenoxy) is 1. The molecular formula is C26H27Cl2N3O4S. The number of halogens is 2. The highest BCUT2D eigenvalue weighted by Gasteiger charge is 2.30. The molecule has 10 heteroatoms. The molecule has 3 aromatic rings. The van der Waals surface area contributed by atoms with Crippen molar-refractivity contribution in [2.75, 3.05) is 36.5 Å². The molecular weight excluding hydrogens is 521 g/mol. The number of sulfonamides is 1. The van der Waals surface area contributed by atoms with E-state index in [1.165, 1.54) is 16.4 Å². The van der Waals surface area contributed by atoms with Gasteiger partial charge in [0.1, 0.15) is 4.90 Å². The Morgan fingerprint density at radius 2 is 1.56 bits per heavy atom. The van der Waals surface area contributed by atoms with Crippen molar-refractivity contribution in [1.29, 1.82) is 0 Å². The van der Waals surface area contributed by atoms with Crippen molar-refractivity contribution in [1.82, 2.24) is 4.31 Å². The van der Waals surface area contributed by atoms with Crippen LogP contribution in [0.1, 0.15) is 24.2 Å². The number of benzene rings is 3. The zero-order chi connectivity index (χ0) is 25.9. The molecule has 3 aromatic carbocycles. The van der Waals surface area contributed by atoms with Crippen molar-refractivity contribution in [3.05, 3.63) is 82.3 Å². The van der Waals surface area contributed by atoms with Crippen LogP contribution in [-0.2, 0) is 14.8 Å². The van der Waals surface area contributed by atoms with Crippen molar-refractivity contribution in [3.8, 4) is 0 Å². The molecule has 1 saturated heterocycles. The van der Waals surface area contributed by atoms with Crippen molar-refractivity contribution in [2.24, 2.45) is 0 Å². The highest BCUT2D eigenvalue weighted by Crippen LogP contribution is 2.32. The van der Waals surface area contributed by atoms with Crippen molar-refractivity contribution < 1.29 is 17.9 Å². The summed E-state index contributed by atoms with van der Waals surface area (Å²) in [6.07, 6.45) is 0. The molecule has 0 spiro atoms. The molecule has 0 saturated carbocycles. The zero-order valence-corrected chi connectivity index (χ0v) is 22.3. The van der Waals surface area contributed by atoms with Gasteiger partial charge in [0.15, 0.2) is 0 Å². The van der Waals surface area contributed by atoms with E-state index in [2.05, 4.69) is 24.1 Å². The standard InChI is InChI=1S/C26H27Cl2N3O4S/c1-18(2)31(20-6-4-3-5-7-20)21-10-8-19(9-11-21)29-26(32)22-16-25(24(28)17-23(22)27)36(33,34)30-12-14-35-15-13-30/h3-11,16-18H,12-15H2,1-2H3,(H,29,32). The number of nitrogens with zero attached hydrogens (tertiary/aromatic N) is 2. The molecule has 1 aliphatic rings. The smallest absolute Gasteiger partial charge is 0.257 e. The molecule has 0 bridgehead atoms. The van der Waals surface area contributed by atoms with Crippen LogP contribution in [0, 0.1) is 0 Å². The number of hydrogen-bond donors (Lipinski definition) is 1. The van der Waals surface area contributed by atoms with E-state index in [4.69, 9.17) is 27.9 Å². The first-order valence-corrected chi connectivity index (χ1v) is 13.7. The molecule has 1 heterocycles. The predicted octanol–water partition coefficient (Wildman–Crippen LogP) is 5.81. The lowest BCUT2D eigenvalue weighted by molar-refractivity contribution is 0.0730. The molecule has 190 valence electrons. The summed E-state index contributed by atoms with van der Waals surface area (Å²) < 4.78 is 32.8. The highest BCUT2D eigenvalue weighted by atomic mass is 35.5. The molecule has 1 amide bonds. The van der Waals surface area contributed by atoms with E-state index in [0.29, 0.717) is 18.9 Å². The van der Waals surface area contributed by atoms with Crippen LogP contribution in [0.15, 0.2) is 71.6 Å². The number of morpholine rings is 1. The average molecular weight is 548 g/mol. The summed E-state index contributed by atoms with van der Waals surface area (Å²) in [4.78, 5) is 15.1. The summed E-state index contributed by atoms with van der Waals surface area (Å²) in [5.74, 6) is -0.536. The molecule has 1 aliphatic heterocycles. The first kappa shape index (κ1) is 26.4. The third-order valence-electron chi connectivity index (χ3n) is 5.81. The Morgan fingerprint density at radius 3 is 2.17 bits per heavy atom. The Labute approximate surface area is 221 Å². The van der Waals surface area contributed by atoms with Crippen molar-refractivity contribution in [3.63, 3.8) is 0 Å². The largest absolute Gasteiger partial charge is 0.379 e. The number of carbonyl (C=O) groups excluding carboxylic acids is 1. The summed E-state index contributed by atoms with van der Waals surface area (Å²) in [7, 11) is -3.91. The first-order valence-electron chi connectivity index (χ1n) is 11.5. The fourth-order valence-electron chi connectivity index (χ4n) is 4.06. The Kier molecular flexibility index (Phi) is 8.22. The van der Waals surface area contributed by atoms with Gasteiger partial charge in [-0.15, -0.1) is 0 Å². The van der Waals surface area contributed by atoms with Crippen LogP contribution in [0.5, 0.6) is 0 Å². The molecule has 4 rings (SSSR count). The number of rotatable bonds is 7. The molecule has 7 nitrogen and oxygen atoms in total. The molecule has 0 radical (unpaired) electrons. The zero-order valence-electron chi connectivity index (χ0n) is 19.9. The highest BCUT2D eigenvalue weighted by molar-refractivity contribution is 7.89. The maximum Gasteiger partial charge on any atom is 0.257 e. The van der Waals surface area contributed by atoms with Gasteiger partial charge in [0.2, 0.25) is 10.0 Å². The van der Waals surface area contributed by atoms with E-state index in [1.54, 1.807) is 12.1 Å². The predicted molar refractivity (Wildman–Crippen MR) is 144 cm³/mol. The second kappa shape index (κ2) is 11.2. The molecule has 1 fully saturated rings. The van der Waals surface area contributed by atoms with Gasteiger partial charge in [0, 0.05) is 36.2 Å². The summed E-state index contributed by atoms with van der Waals surface area (Å²) in [6, 6.07) is 20.2. The summed E-state index contributed by atoms with van der Waals surface area (Å²) in [5.41, 5.74) is 2.60. The third-order valence-corrected chi connectivity index (χ3v) is 8.48. The summed E-state index contributed by atoms with van der Waals surface area (Å²) in [6.45, 7) is 5.23. The van der Waals surface area contributed by atoms with E-state index in [9.17, 15) is 13.2 Å². The molecule has 0 unspecified atom stereocenters. The fourth-order valence-corrected chi connectivity index (χ4v) is 6.31. The second-order valence-electron chi connectivity index (χ2n) is 8.58. The van der Waals surface area contributed by atoms with Crippen molar-refractivity contribution in [2.45, 2.75) is 24.8 Å². The molecule has 0 aromatic heterocycles. The molecule has 0 aliphatic carbocycles. The van der Waals surface area contributed by atoms with Crippen LogP contribution in [0.3, 0.4) is 0 Å². The Balaban J connectivity index is 1.57. The Hall–Kier alpha value is -2.62. The van der Waals surface area contributed by atoms with Gasteiger partial charge in [-0.3, -0.25) is 4.79 Å². The minimum atomic E-state index is -3.91. The lowest BCUT2D eigenvalue weighted by atomic mass is 10.1. The van der Waals surface area contributed by atoms with Gasteiger partial charge in [0.25, 0.3) is 5.91 Å². The van der Waals surface area contributed by atoms with Gasteiger partial charge in [-0.05, 0) is 62.4 Å². The van der Waals surface area contributed by atoms with Gasteiger partial charge in [-0.25, -0.2) is 8.42 Å². The topological polar surface area (TPSA) is 79.0 Å². The lowest BCUT2D eigenvalue weighted by Gasteiger charge is -2.29. The molecule has 36 heavy (non-hydrogen) atoms. The minimum Gasteiger partial charge on any atom is -0.379 e. The van der Waals surface area contributed by atoms with Crippen LogP contribution in [0.4, 0.5) is 17.1 Å². The number of hydrogen-bond acceptors (Lipinski definition) is 5. The third kappa shape index (κ3) is 5.68. The van der Waals surface area contributed by atoms with E-state index >= 15 is 0 Å². The number of anilines is 3. The average Bonchev–Trinajstić information content (AvgIpc) is 2.86. The first-order chi connectivity index (χ1) is 17.2. The van der Waals surface area contributed by atoms with E-state index in [-0.39, 0.29) is 39.6 Å². The van der Waals surface area contributed by atoms with Crippen LogP contribution >= 0.6 is 23.2 Å². The van der Waals surface area contributed by atoms with Gasteiger partial charge in [-0.2, -0.15) is 4.31 Å². The quantitative estimate of drug-likeness (QED) is 0.403. The maximum absolute atomic E-state index is 13.1. The van der Waals surface area contributed by atoms with E-state index in [1.807, 2.05) is 42.5 Å². The monoisotopic (exact) mass is 547 g/mol. The summed E-state index contributed by atoms with van der Waals surface area (Å²) >= 11 is 12.5. The summed E-state index contributed by atoms with van der Waals surface area (Å²) in [5, 5.41) is 2.82. The van der Waals surface area contributed by atoms with Crippen molar-refractivity contribution >= 4 is 56.2 Å². The van der Waals surface area contributed by atoms with E-state index < -0.39 is 15.9 Å². The molecule has 0 atom stereocenters. The number of para-hydroxylation sites is 1. The second-order valence-corrected chi connectivity index (χ2v) is 11.3. The normalized spacial score (nSPS) is 14.6. The lowest BCUT2D eigenvalue weighted by Crippen LogP contribution is -2.40. The number of carbonyl (C=O) groups is 1.